The van der Waals surface area contributed by atoms with Crippen LogP contribution in [0, 0.1) is 5.82 Å². The van der Waals surface area contributed by atoms with Crippen LogP contribution in [0.4, 0.5) is 17.6 Å². The van der Waals surface area contributed by atoms with Crippen molar-refractivity contribution in [3.63, 3.8) is 0 Å². The molecule has 18 heavy (non-hydrogen) atoms. The van der Waals surface area contributed by atoms with Crippen LogP contribution >= 0.6 is 11.6 Å². The molecule has 0 bridgehead atoms. The van der Waals surface area contributed by atoms with Crippen LogP contribution in [0.25, 0.3) is 0 Å². The third-order valence-corrected chi connectivity index (χ3v) is 2.47. The molecule has 1 rings (SSSR count). The second-order valence-corrected chi connectivity index (χ2v) is 4.08. The molecule has 0 aromatic heterocycles. The summed E-state index contributed by atoms with van der Waals surface area (Å²) in [6.07, 6.45) is -5.66. The van der Waals surface area contributed by atoms with E-state index >= 15 is 0 Å². The minimum Gasteiger partial charge on any atom is -0.489 e. The SMILES string of the molecule is CCOc1c(F)cc([C@H](N)CC(F)(F)F)cc1Cl. The number of hydrogen-bond acceptors (Lipinski definition) is 2. The summed E-state index contributed by atoms with van der Waals surface area (Å²) in [6.45, 7) is 1.84. The Labute approximate surface area is 107 Å². The van der Waals surface area contributed by atoms with Gasteiger partial charge in [-0.3, -0.25) is 0 Å². The van der Waals surface area contributed by atoms with Gasteiger partial charge in [-0.25, -0.2) is 4.39 Å². The smallest absolute Gasteiger partial charge is 0.390 e. The van der Waals surface area contributed by atoms with Crippen molar-refractivity contribution in [2.75, 3.05) is 6.61 Å². The van der Waals surface area contributed by atoms with Gasteiger partial charge in [0.1, 0.15) is 0 Å². The highest BCUT2D eigenvalue weighted by Gasteiger charge is 2.31. The molecule has 7 heteroatoms. The molecule has 0 aliphatic heterocycles. The monoisotopic (exact) mass is 285 g/mol. The van der Waals surface area contributed by atoms with Crippen molar-refractivity contribution in [3.05, 3.63) is 28.5 Å². The van der Waals surface area contributed by atoms with Crippen molar-refractivity contribution >= 4 is 11.6 Å². The van der Waals surface area contributed by atoms with Crippen LogP contribution in [-0.4, -0.2) is 12.8 Å². The molecular weight excluding hydrogens is 274 g/mol. The maximum Gasteiger partial charge on any atom is 0.390 e. The number of nitrogens with two attached hydrogens (primary N) is 1. The highest BCUT2D eigenvalue weighted by atomic mass is 35.5. The fourth-order valence-electron chi connectivity index (χ4n) is 1.44. The van der Waals surface area contributed by atoms with E-state index in [9.17, 15) is 17.6 Å². The van der Waals surface area contributed by atoms with Gasteiger partial charge in [-0.15, -0.1) is 0 Å². The van der Waals surface area contributed by atoms with Crippen LogP contribution < -0.4 is 10.5 Å². The largest absolute Gasteiger partial charge is 0.489 e. The van der Waals surface area contributed by atoms with E-state index in [0.717, 1.165) is 6.07 Å². The van der Waals surface area contributed by atoms with E-state index in [4.69, 9.17) is 22.1 Å². The van der Waals surface area contributed by atoms with Gasteiger partial charge in [-0.2, -0.15) is 13.2 Å². The lowest BCUT2D eigenvalue weighted by atomic mass is 10.0. The Balaban J connectivity index is 2.98. The maximum absolute atomic E-state index is 13.5. The minimum absolute atomic E-state index is 0.0155. The predicted octanol–water partition coefficient (Wildman–Crippen LogP) is 3.83. The Morgan fingerprint density at radius 2 is 2.00 bits per heavy atom. The Morgan fingerprint density at radius 1 is 1.39 bits per heavy atom. The van der Waals surface area contributed by atoms with Crippen molar-refractivity contribution in [3.8, 4) is 5.75 Å². The summed E-state index contributed by atoms with van der Waals surface area (Å²) >= 11 is 5.73. The van der Waals surface area contributed by atoms with Gasteiger partial charge in [0.25, 0.3) is 0 Å². The molecule has 1 atom stereocenters. The standard InChI is InChI=1S/C11H12ClF4NO/c1-2-18-10-7(12)3-6(4-8(10)13)9(17)5-11(14,15)16/h3-4,9H,2,5,17H2,1H3/t9-/m1/s1. The molecule has 0 radical (unpaired) electrons. The molecule has 1 aromatic carbocycles. The lowest BCUT2D eigenvalue weighted by Gasteiger charge is -2.16. The first-order valence-electron chi connectivity index (χ1n) is 5.18. The summed E-state index contributed by atoms with van der Waals surface area (Å²) in [6, 6.07) is 0.743. The molecule has 0 saturated heterocycles. The topological polar surface area (TPSA) is 35.2 Å². The third-order valence-electron chi connectivity index (χ3n) is 2.19. The first-order valence-corrected chi connectivity index (χ1v) is 5.56. The number of alkyl halides is 3. The van der Waals surface area contributed by atoms with Crippen molar-refractivity contribution in [2.45, 2.75) is 25.6 Å². The molecule has 0 spiro atoms. The number of hydrogen-bond donors (Lipinski definition) is 1. The fourth-order valence-corrected chi connectivity index (χ4v) is 1.71. The molecule has 1 aromatic rings. The molecule has 0 heterocycles. The van der Waals surface area contributed by atoms with E-state index in [1.807, 2.05) is 0 Å². The summed E-state index contributed by atoms with van der Waals surface area (Å²) < 4.78 is 55.0. The maximum atomic E-state index is 13.5. The lowest BCUT2D eigenvalue weighted by Crippen LogP contribution is -2.20. The highest BCUT2D eigenvalue weighted by molar-refractivity contribution is 6.32. The average molecular weight is 286 g/mol. The summed E-state index contributed by atoms with van der Waals surface area (Å²) in [5.41, 5.74) is 5.34. The number of rotatable bonds is 4. The number of ether oxygens (including phenoxy) is 1. The van der Waals surface area contributed by atoms with Crippen LogP contribution in [0.15, 0.2) is 12.1 Å². The van der Waals surface area contributed by atoms with Gasteiger partial charge in [0.2, 0.25) is 0 Å². The zero-order valence-electron chi connectivity index (χ0n) is 9.52. The molecule has 102 valence electrons. The van der Waals surface area contributed by atoms with E-state index in [1.54, 1.807) is 6.92 Å². The van der Waals surface area contributed by atoms with Crippen molar-refractivity contribution in [1.29, 1.82) is 0 Å². The number of benzene rings is 1. The van der Waals surface area contributed by atoms with Crippen LogP contribution in [0.5, 0.6) is 5.75 Å². The highest BCUT2D eigenvalue weighted by Crippen LogP contribution is 2.34. The molecule has 2 N–H and O–H groups in total. The van der Waals surface area contributed by atoms with E-state index in [2.05, 4.69) is 0 Å². The first-order chi connectivity index (χ1) is 8.24. The van der Waals surface area contributed by atoms with Gasteiger partial charge in [-0.05, 0) is 24.6 Å². The lowest BCUT2D eigenvalue weighted by molar-refractivity contribution is -0.138. The van der Waals surface area contributed by atoms with E-state index < -0.39 is 24.5 Å². The van der Waals surface area contributed by atoms with Gasteiger partial charge in [0, 0.05) is 6.04 Å². The number of halogens is 5. The van der Waals surface area contributed by atoms with Crippen molar-refractivity contribution < 1.29 is 22.3 Å². The van der Waals surface area contributed by atoms with Crippen LogP contribution in [-0.2, 0) is 0 Å². The zero-order valence-corrected chi connectivity index (χ0v) is 10.3. The molecule has 0 aliphatic rings. The summed E-state index contributed by atoms with van der Waals surface area (Å²) in [5.74, 6) is -1.00. The minimum atomic E-state index is -4.42. The van der Waals surface area contributed by atoms with Gasteiger partial charge in [0.15, 0.2) is 11.6 Å². The van der Waals surface area contributed by atoms with Crippen molar-refractivity contribution in [2.24, 2.45) is 5.73 Å². The molecular formula is C11H12ClF4NO. The quantitative estimate of drug-likeness (QED) is 0.853. The Hall–Kier alpha value is -1.01. The van der Waals surface area contributed by atoms with Gasteiger partial charge in [-0.1, -0.05) is 11.6 Å². The summed E-state index contributed by atoms with van der Waals surface area (Å²) in [7, 11) is 0. The fraction of sp³-hybridized carbons (Fsp3) is 0.455. The van der Waals surface area contributed by atoms with E-state index in [-0.39, 0.29) is 22.9 Å². The average Bonchev–Trinajstić information content (AvgIpc) is 2.20. The normalized spacial score (nSPS) is 13.5. The zero-order chi connectivity index (χ0) is 13.9. The van der Waals surface area contributed by atoms with Crippen LogP contribution in [0.1, 0.15) is 24.9 Å². The molecule has 0 amide bonds. The second-order valence-electron chi connectivity index (χ2n) is 3.67. The Bertz CT molecular complexity index is 399. The van der Waals surface area contributed by atoms with Crippen molar-refractivity contribution in [1.82, 2.24) is 0 Å². The van der Waals surface area contributed by atoms with Gasteiger partial charge in [0.05, 0.1) is 18.1 Å². The Morgan fingerprint density at radius 3 is 2.44 bits per heavy atom. The second kappa shape index (κ2) is 5.75. The van der Waals surface area contributed by atoms with E-state index in [0.29, 0.717) is 0 Å². The first kappa shape index (κ1) is 15.0. The molecule has 0 unspecified atom stereocenters. The van der Waals surface area contributed by atoms with E-state index in [1.165, 1.54) is 6.07 Å². The van der Waals surface area contributed by atoms with Crippen LogP contribution in [0.2, 0.25) is 5.02 Å². The molecule has 0 aliphatic carbocycles. The molecule has 0 fully saturated rings. The Kier molecular flexibility index (Phi) is 4.81. The van der Waals surface area contributed by atoms with Crippen LogP contribution in [0.3, 0.4) is 0 Å². The predicted molar refractivity (Wildman–Crippen MR) is 60.2 cm³/mol. The van der Waals surface area contributed by atoms with Gasteiger partial charge < -0.3 is 10.5 Å². The molecule has 2 nitrogen and oxygen atoms in total. The summed E-state index contributed by atoms with van der Waals surface area (Å²) in [5, 5.41) is -0.0931. The van der Waals surface area contributed by atoms with Gasteiger partial charge >= 0.3 is 6.18 Å². The molecule has 0 saturated carbocycles. The summed E-state index contributed by atoms with van der Waals surface area (Å²) in [4.78, 5) is 0. The third kappa shape index (κ3) is 4.03.